The molecule has 0 atom stereocenters. The van der Waals surface area contributed by atoms with Crippen LogP contribution in [-0.2, 0) is 12.3 Å². The van der Waals surface area contributed by atoms with Crippen LogP contribution in [0, 0.1) is 6.92 Å². The Labute approximate surface area is 79.6 Å². The van der Waals surface area contributed by atoms with Crippen LogP contribution in [0.25, 0.3) is 0 Å². The molecule has 0 aliphatic heterocycles. The van der Waals surface area contributed by atoms with Gasteiger partial charge < -0.3 is 0 Å². The van der Waals surface area contributed by atoms with Crippen molar-refractivity contribution in [3.05, 3.63) is 34.9 Å². The molecular formula is C11H15Cl. The maximum absolute atomic E-state index is 5.76. The molecule has 0 fully saturated rings. The van der Waals surface area contributed by atoms with E-state index in [1.807, 2.05) is 0 Å². The van der Waals surface area contributed by atoms with Gasteiger partial charge in [-0.2, -0.15) is 0 Å². The number of hydrogen-bond donors (Lipinski definition) is 0. The van der Waals surface area contributed by atoms with Crippen LogP contribution in [0.1, 0.15) is 30.0 Å². The summed E-state index contributed by atoms with van der Waals surface area (Å²) in [6.45, 7) is 4.32. The normalized spacial score (nSPS) is 10.2. The van der Waals surface area contributed by atoms with E-state index in [0.29, 0.717) is 5.88 Å². The Hall–Kier alpha value is -0.490. The summed E-state index contributed by atoms with van der Waals surface area (Å²) < 4.78 is 0. The van der Waals surface area contributed by atoms with E-state index in [-0.39, 0.29) is 0 Å². The predicted molar refractivity (Wildman–Crippen MR) is 54.7 cm³/mol. The number of aryl methyl sites for hydroxylation is 2. The highest BCUT2D eigenvalue weighted by Crippen LogP contribution is 2.14. The van der Waals surface area contributed by atoms with Gasteiger partial charge >= 0.3 is 0 Å². The van der Waals surface area contributed by atoms with Gasteiger partial charge in [0.15, 0.2) is 0 Å². The Morgan fingerprint density at radius 3 is 2.58 bits per heavy atom. The van der Waals surface area contributed by atoms with Crippen molar-refractivity contribution < 1.29 is 0 Å². The van der Waals surface area contributed by atoms with Gasteiger partial charge in [-0.1, -0.05) is 31.5 Å². The largest absolute Gasteiger partial charge is 0.122 e. The third-order valence-corrected chi connectivity index (χ3v) is 2.38. The lowest BCUT2D eigenvalue weighted by Crippen LogP contribution is -1.89. The molecule has 0 nitrogen and oxygen atoms in total. The molecule has 0 radical (unpaired) electrons. The molecule has 1 aromatic rings. The third kappa shape index (κ3) is 2.25. The minimum atomic E-state index is 0.623. The molecule has 0 spiro atoms. The monoisotopic (exact) mass is 182 g/mol. The van der Waals surface area contributed by atoms with Crippen LogP contribution < -0.4 is 0 Å². The molecule has 66 valence electrons. The van der Waals surface area contributed by atoms with Gasteiger partial charge in [0.2, 0.25) is 0 Å². The average molecular weight is 183 g/mol. The van der Waals surface area contributed by atoms with Crippen LogP contribution >= 0.6 is 11.6 Å². The second-order valence-electron chi connectivity index (χ2n) is 3.14. The first kappa shape index (κ1) is 9.60. The molecule has 0 saturated heterocycles. The van der Waals surface area contributed by atoms with E-state index in [4.69, 9.17) is 11.6 Å². The lowest BCUT2D eigenvalue weighted by atomic mass is 10.0. The molecule has 0 heterocycles. The van der Waals surface area contributed by atoms with Gasteiger partial charge in [0.05, 0.1) is 0 Å². The van der Waals surface area contributed by atoms with Crippen molar-refractivity contribution in [1.82, 2.24) is 0 Å². The van der Waals surface area contributed by atoms with Gasteiger partial charge in [-0.25, -0.2) is 0 Å². The summed E-state index contributed by atoms with van der Waals surface area (Å²) in [6.07, 6.45) is 2.38. The maximum atomic E-state index is 5.76. The molecule has 12 heavy (non-hydrogen) atoms. The molecule has 1 rings (SSSR count). The smallest absolute Gasteiger partial charge is 0.0476 e. The van der Waals surface area contributed by atoms with Crippen molar-refractivity contribution in [3.63, 3.8) is 0 Å². The van der Waals surface area contributed by atoms with E-state index in [1.165, 1.54) is 29.5 Å². The second-order valence-corrected chi connectivity index (χ2v) is 3.41. The first-order chi connectivity index (χ1) is 5.77. The zero-order valence-electron chi connectivity index (χ0n) is 7.73. The van der Waals surface area contributed by atoms with Crippen molar-refractivity contribution in [2.75, 3.05) is 0 Å². The Morgan fingerprint density at radius 1 is 1.33 bits per heavy atom. The van der Waals surface area contributed by atoms with Crippen molar-refractivity contribution in [1.29, 1.82) is 0 Å². The lowest BCUT2D eigenvalue weighted by Gasteiger charge is -2.04. The number of alkyl halides is 1. The summed E-state index contributed by atoms with van der Waals surface area (Å²) in [7, 11) is 0. The summed E-state index contributed by atoms with van der Waals surface area (Å²) in [5, 5.41) is 0. The minimum absolute atomic E-state index is 0.623. The summed E-state index contributed by atoms with van der Waals surface area (Å²) in [4.78, 5) is 0. The molecule has 0 unspecified atom stereocenters. The van der Waals surface area contributed by atoms with Crippen molar-refractivity contribution in [2.45, 2.75) is 32.6 Å². The summed E-state index contributed by atoms with van der Waals surface area (Å²) >= 11 is 5.76. The second kappa shape index (κ2) is 4.51. The fourth-order valence-electron chi connectivity index (χ4n) is 1.35. The standard InChI is InChI=1S/C11H15Cl/c1-3-4-10-5-6-11(8-12)9(2)7-10/h5-7H,3-4,8H2,1-2H3. The number of hydrogen-bond acceptors (Lipinski definition) is 0. The zero-order chi connectivity index (χ0) is 8.97. The highest BCUT2D eigenvalue weighted by atomic mass is 35.5. The van der Waals surface area contributed by atoms with E-state index in [2.05, 4.69) is 32.0 Å². The van der Waals surface area contributed by atoms with Gasteiger partial charge in [0, 0.05) is 5.88 Å². The molecule has 0 bridgehead atoms. The van der Waals surface area contributed by atoms with Crippen molar-refractivity contribution >= 4 is 11.6 Å². The van der Waals surface area contributed by atoms with E-state index < -0.39 is 0 Å². The van der Waals surface area contributed by atoms with E-state index in [1.54, 1.807) is 0 Å². The highest BCUT2D eigenvalue weighted by molar-refractivity contribution is 6.17. The molecule has 0 N–H and O–H groups in total. The van der Waals surface area contributed by atoms with E-state index >= 15 is 0 Å². The molecule has 1 aromatic carbocycles. The number of benzene rings is 1. The fraction of sp³-hybridized carbons (Fsp3) is 0.455. The quantitative estimate of drug-likeness (QED) is 0.626. The van der Waals surface area contributed by atoms with Crippen LogP contribution in [0.4, 0.5) is 0 Å². The molecule has 0 aliphatic rings. The molecule has 0 aromatic heterocycles. The van der Waals surface area contributed by atoms with Gasteiger partial charge in [-0.3, -0.25) is 0 Å². The Bertz CT molecular complexity index is 253. The Kier molecular flexibility index (Phi) is 3.61. The molecule has 0 saturated carbocycles. The third-order valence-electron chi connectivity index (χ3n) is 2.09. The number of rotatable bonds is 3. The van der Waals surface area contributed by atoms with Gasteiger partial charge in [-0.05, 0) is 30.0 Å². The SMILES string of the molecule is CCCc1ccc(CCl)c(C)c1. The summed E-state index contributed by atoms with van der Waals surface area (Å²) in [6, 6.07) is 6.54. The van der Waals surface area contributed by atoms with E-state index in [9.17, 15) is 0 Å². The van der Waals surface area contributed by atoms with Gasteiger partial charge in [-0.15, -0.1) is 11.6 Å². The molecule has 1 heteroatoms. The molecular weight excluding hydrogens is 168 g/mol. The van der Waals surface area contributed by atoms with Crippen LogP contribution in [-0.4, -0.2) is 0 Å². The molecule has 0 amide bonds. The average Bonchev–Trinajstić information content (AvgIpc) is 2.05. The number of halogens is 1. The summed E-state index contributed by atoms with van der Waals surface area (Å²) in [5.41, 5.74) is 3.98. The predicted octanol–water partition coefficient (Wildman–Crippen LogP) is 3.69. The summed E-state index contributed by atoms with van der Waals surface area (Å²) in [5.74, 6) is 0.623. The van der Waals surface area contributed by atoms with E-state index in [0.717, 1.165) is 0 Å². The van der Waals surface area contributed by atoms with Crippen LogP contribution in [0.2, 0.25) is 0 Å². The lowest BCUT2D eigenvalue weighted by molar-refractivity contribution is 0.919. The maximum Gasteiger partial charge on any atom is 0.0476 e. The van der Waals surface area contributed by atoms with Crippen LogP contribution in [0.15, 0.2) is 18.2 Å². The van der Waals surface area contributed by atoms with Crippen LogP contribution in [0.5, 0.6) is 0 Å². The van der Waals surface area contributed by atoms with Crippen molar-refractivity contribution in [2.24, 2.45) is 0 Å². The Balaban J connectivity index is 2.86. The minimum Gasteiger partial charge on any atom is -0.122 e. The van der Waals surface area contributed by atoms with Gasteiger partial charge in [0.25, 0.3) is 0 Å². The highest BCUT2D eigenvalue weighted by Gasteiger charge is 1.97. The zero-order valence-corrected chi connectivity index (χ0v) is 8.49. The fourth-order valence-corrected chi connectivity index (χ4v) is 1.65. The Morgan fingerprint density at radius 2 is 2.08 bits per heavy atom. The van der Waals surface area contributed by atoms with Gasteiger partial charge in [0.1, 0.15) is 0 Å². The van der Waals surface area contributed by atoms with Crippen LogP contribution in [0.3, 0.4) is 0 Å². The molecule has 0 aliphatic carbocycles. The first-order valence-corrected chi connectivity index (χ1v) is 4.95. The van der Waals surface area contributed by atoms with Crippen molar-refractivity contribution in [3.8, 4) is 0 Å². The first-order valence-electron chi connectivity index (χ1n) is 4.42. The topological polar surface area (TPSA) is 0 Å².